The topological polar surface area (TPSA) is 40.6 Å². The van der Waals surface area contributed by atoms with E-state index in [1.54, 1.807) is 6.08 Å². The summed E-state index contributed by atoms with van der Waals surface area (Å²) in [7, 11) is 1.97. The van der Waals surface area contributed by atoms with E-state index in [0.717, 1.165) is 31.2 Å². The monoisotopic (exact) mass is 354 g/mol. The average Bonchev–Trinajstić information content (AvgIpc) is 2.72. The Morgan fingerprint density at radius 3 is 2.31 bits per heavy atom. The maximum atomic E-state index is 12.8. The van der Waals surface area contributed by atoms with E-state index in [4.69, 9.17) is 0 Å². The van der Waals surface area contributed by atoms with E-state index in [1.165, 1.54) is 19.3 Å². The van der Waals surface area contributed by atoms with Gasteiger partial charge in [-0.25, -0.2) is 0 Å². The van der Waals surface area contributed by atoms with Crippen molar-refractivity contribution < 1.29 is 9.59 Å². The Bertz CT molecular complexity index is 627. The lowest BCUT2D eigenvalue weighted by atomic mass is 9.91. The first kappa shape index (κ1) is 18.7. The van der Waals surface area contributed by atoms with E-state index in [-0.39, 0.29) is 17.7 Å². The lowest BCUT2D eigenvalue weighted by Gasteiger charge is -2.36. The van der Waals surface area contributed by atoms with Crippen molar-refractivity contribution in [3.63, 3.8) is 0 Å². The van der Waals surface area contributed by atoms with Crippen molar-refractivity contribution in [2.45, 2.75) is 51.0 Å². The van der Waals surface area contributed by atoms with E-state index in [0.29, 0.717) is 19.1 Å². The molecule has 1 aliphatic heterocycles. The number of likely N-dealkylation sites (tertiary alicyclic amines) is 1. The first-order valence-electron chi connectivity index (χ1n) is 9.94. The summed E-state index contributed by atoms with van der Waals surface area (Å²) in [5.41, 5.74) is 1.03. The van der Waals surface area contributed by atoms with Crippen LogP contribution in [0.4, 0.5) is 0 Å². The summed E-state index contributed by atoms with van der Waals surface area (Å²) in [5, 5.41) is 0. The molecule has 0 bridgehead atoms. The average molecular weight is 354 g/mol. The van der Waals surface area contributed by atoms with Crippen molar-refractivity contribution in [1.29, 1.82) is 0 Å². The van der Waals surface area contributed by atoms with Crippen LogP contribution in [0, 0.1) is 5.92 Å². The summed E-state index contributed by atoms with van der Waals surface area (Å²) in [6, 6.07) is 10.3. The quantitative estimate of drug-likeness (QED) is 0.773. The first-order valence-corrected chi connectivity index (χ1v) is 9.94. The molecule has 1 saturated carbocycles. The van der Waals surface area contributed by atoms with Crippen LogP contribution in [0.2, 0.25) is 0 Å². The molecular formula is C22H30N2O2. The van der Waals surface area contributed by atoms with Crippen LogP contribution in [0.3, 0.4) is 0 Å². The molecule has 1 aromatic rings. The first-order chi connectivity index (χ1) is 12.6. The van der Waals surface area contributed by atoms with Gasteiger partial charge in [0.05, 0.1) is 0 Å². The lowest BCUT2D eigenvalue weighted by molar-refractivity contribution is -0.140. The number of carbonyl (C=O) groups excluding carboxylic acids is 2. The Balaban J connectivity index is 1.48. The van der Waals surface area contributed by atoms with Gasteiger partial charge in [-0.2, -0.15) is 0 Å². The minimum absolute atomic E-state index is 0.0420. The minimum Gasteiger partial charge on any atom is -0.343 e. The fraction of sp³-hybridized carbons (Fsp3) is 0.545. The lowest BCUT2D eigenvalue weighted by Crippen LogP contribution is -2.46. The maximum Gasteiger partial charge on any atom is 0.246 e. The minimum atomic E-state index is 0.0420. The second kappa shape index (κ2) is 9.02. The van der Waals surface area contributed by atoms with Gasteiger partial charge in [0.15, 0.2) is 0 Å². The van der Waals surface area contributed by atoms with Gasteiger partial charge in [0.1, 0.15) is 0 Å². The van der Waals surface area contributed by atoms with Crippen molar-refractivity contribution >= 4 is 17.9 Å². The van der Waals surface area contributed by atoms with E-state index in [2.05, 4.69) is 0 Å². The van der Waals surface area contributed by atoms with Crippen molar-refractivity contribution in [1.82, 2.24) is 9.80 Å². The third-order valence-corrected chi connectivity index (χ3v) is 5.84. The molecule has 1 aliphatic carbocycles. The van der Waals surface area contributed by atoms with Crippen molar-refractivity contribution in [2.24, 2.45) is 5.92 Å². The molecule has 26 heavy (non-hydrogen) atoms. The van der Waals surface area contributed by atoms with Crippen LogP contribution in [0.5, 0.6) is 0 Å². The zero-order valence-electron chi connectivity index (χ0n) is 15.8. The Kier molecular flexibility index (Phi) is 6.48. The van der Waals surface area contributed by atoms with Gasteiger partial charge in [0.2, 0.25) is 11.8 Å². The van der Waals surface area contributed by atoms with Gasteiger partial charge in [-0.1, -0.05) is 49.6 Å². The molecule has 0 atom stereocenters. The van der Waals surface area contributed by atoms with Gasteiger partial charge in [-0.3, -0.25) is 9.59 Å². The molecule has 2 fully saturated rings. The predicted octanol–water partition coefficient (Wildman–Crippen LogP) is 3.73. The van der Waals surface area contributed by atoms with Gasteiger partial charge in [0, 0.05) is 38.2 Å². The number of rotatable bonds is 4. The zero-order chi connectivity index (χ0) is 18.4. The molecule has 140 valence electrons. The zero-order valence-corrected chi connectivity index (χ0v) is 15.8. The third kappa shape index (κ3) is 4.75. The van der Waals surface area contributed by atoms with Gasteiger partial charge in [-0.15, -0.1) is 0 Å². The largest absolute Gasteiger partial charge is 0.343 e. The normalized spacial score (nSPS) is 19.7. The molecule has 0 radical (unpaired) electrons. The molecule has 0 N–H and O–H groups in total. The van der Waals surface area contributed by atoms with E-state index < -0.39 is 0 Å². The van der Waals surface area contributed by atoms with Gasteiger partial charge in [-0.05, 0) is 37.3 Å². The molecule has 1 aromatic carbocycles. The van der Waals surface area contributed by atoms with E-state index in [1.807, 2.05) is 53.3 Å². The summed E-state index contributed by atoms with van der Waals surface area (Å²) in [5.74, 6) is 0.397. The number of carbonyl (C=O) groups is 2. The highest BCUT2D eigenvalue weighted by molar-refractivity contribution is 5.92. The number of amides is 2. The summed E-state index contributed by atoms with van der Waals surface area (Å²) < 4.78 is 0. The summed E-state index contributed by atoms with van der Waals surface area (Å²) in [6.07, 6.45) is 11.1. The van der Waals surface area contributed by atoms with Crippen LogP contribution in [0.25, 0.3) is 6.08 Å². The number of benzene rings is 1. The number of hydrogen-bond acceptors (Lipinski definition) is 2. The predicted molar refractivity (Wildman–Crippen MR) is 104 cm³/mol. The summed E-state index contributed by atoms with van der Waals surface area (Å²) in [4.78, 5) is 29.0. The molecule has 0 spiro atoms. The maximum absolute atomic E-state index is 12.8. The summed E-state index contributed by atoms with van der Waals surface area (Å²) in [6.45, 7) is 1.35. The number of hydrogen-bond donors (Lipinski definition) is 0. The molecule has 1 heterocycles. The number of piperidine rings is 1. The molecule has 3 rings (SSSR count). The Hall–Kier alpha value is -2.10. The second-order valence-electron chi connectivity index (χ2n) is 7.58. The molecular weight excluding hydrogens is 324 g/mol. The highest BCUT2D eigenvalue weighted by atomic mass is 16.2. The van der Waals surface area contributed by atoms with Gasteiger partial charge in [0.25, 0.3) is 0 Å². The fourth-order valence-electron chi connectivity index (χ4n) is 4.12. The molecule has 0 aromatic heterocycles. The highest BCUT2D eigenvalue weighted by Gasteiger charge is 2.31. The van der Waals surface area contributed by atoms with E-state index >= 15 is 0 Å². The summed E-state index contributed by atoms with van der Waals surface area (Å²) >= 11 is 0. The van der Waals surface area contributed by atoms with Crippen LogP contribution in [-0.2, 0) is 9.59 Å². The smallest absolute Gasteiger partial charge is 0.246 e. The van der Waals surface area contributed by atoms with Crippen LogP contribution in [0.15, 0.2) is 36.4 Å². The molecule has 0 unspecified atom stereocenters. The van der Waals surface area contributed by atoms with Crippen LogP contribution >= 0.6 is 0 Å². The van der Waals surface area contributed by atoms with Gasteiger partial charge >= 0.3 is 0 Å². The van der Waals surface area contributed by atoms with E-state index in [9.17, 15) is 9.59 Å². The molecule has 2 aliphatic rings. The highest BCUT2D eigenvalue weighted by Crippen LogP contribution is 2.26. The molecule has 4 nitrogen and oxygen atoms in total. The van der Waals surface area contributed by atoms with Crippen LogP contribution < -0.4 is 0 Å². The number of nitrogens with zero attached hydrogens (tertiary/aromatic N) is 2. The SMILES string of the molecule is CN(C(=O)C1CCN(C(=O)C=Cc2ccccc2)CC1)C1CCCCC1. The Labute approximate surface area is 156 Å². The molecule has 4 heteroatoms. The standard InChI is InChI=1S/C22H30N2O2/c1-23(20-10-6-3-7-11-20)22(26)19-14-16-24(17-15-19)21(25)13-12-18-8-4-2-5-9-18/h2,4-5,8-9,12-13,19-20H,3,6-7,10-11,14-17H2,1H3. The fourth-order valence-corrected chi connectivity index (χ4v) is 4.12. The molecule has 2 amide bonds. The van der Waals surface area contributed by atoms with Crippen molar-refractivity contribution in [3.05, 3.63) is 42.0 Å². The van der Waals surface area contributed by atoms with Crippen molar-refractivity contribution in [2.75, 3.05) is 20.1 Å². The van der Waals surface area contributed by atoms with Crippen LogP contribution in [-0.4, -0.2) is 47.8 Å². The van der Waals surface area contributed by atoms with Crippen LogP contribution in [0.1, 0.15) is 50.5 Å². The Morgan fingerprint density at radius 1 is 1.00 bits per heavy atom. The van der Waals surface area contributed by atoms with Gasteiger partial charge < -0.3 is 9.80 Å². The second-order valence-corrected chi connectivity index (χ2v) is 7.58. The third-order valence-electron chi connectivity index (χ3n) is 5.84. The van der Waals surface area contributed by atoms with Crippen molar-refractivity contribution in [3.8, 4) is 0 Å². The Morgan fingerprint density at radius 2 is 1.65 bits per heavy atom. The molecule has 1 saturated heterocycles.